The molecular weight excluding hydrogens is 399 g/mol. The van der Waals surface area contributed by atoms with Crippen LogP contribution in [-0.2, 0) is 11.3 Å². The van der Waals surface area contributed by atoms with E-state index in [1.807, 2.05) is 19.1 Å². The molecule has 1 heterocycles. The van der Waals surface area contributed by atoms with Gasteiger partial charge in [-0.3, -0.25) is 9.69 Å². The van der Waals surface area contributed by atoms with Gasteiger partial charge < -0.3 is 19.5 Å². The molecule has 1 N–H and O–H groups in total. The van der Waals surface area contributed by atoms with Gasteiger partial charge in [-0.1, -0.05) is 18.2 Å². The molecule has 31 heavy (non-hydrogen) atoms. The molecule has 0 aliphatic carbocycles. The van der Waals surface area contributed by atoms with Gasteiger partial charge in [0.2, 0.25) is 5.91 Å². The summed E-state index contributed by atoms with van der Waals surface area (Å²) in [6.45, 7) is 3.64. The highest BCUT2D eigenvalue weighted by atomic mass is 19.1. The molecule has 2 aromatic carbocycles. The van der Waals surface area contributed by atoms with Gasteiger partial charge in [0.1, 0.15) is 23.1 Å². The molecule has 6 nitrogen and oxygen atoms in total. The van der Waals surface area contributed by atoms with E-state index in [1.165, 1.54) is 12.1 Å². The SMILES string of the molecule is COc1cc(OC)c(C2=CCN(C(C)C(=O)NCc3ccc(F)cc3)CC2)c(OC)c1. The topological polar surface area (TPSA) is 60.0 Å². The van der Waals surface area contributed by atoms with Gasteiger partial charge in [0.05, 0.1) is 32.9 Å². The van der Waals surface area contributed by atoms with Gasteiger partial charge in [0.15, 0.2) is 0 Å². The third-order valence-corrected chi connectivity index (χ3v) is 5.58. The van der Waals surface area contributed by atoms with Crippen LogP contribution in [0.25, 0.3) is 5.57 Å². The van der Waals surface area contributed by atoms with Crippen LogP contribution in [-0.4, -0.2) is 51.3 Å². The Labute approximate surface area is 182 Å². The Kier molecular flexibility index (Phi) is 7.52. The maximum Gasteiger partial charge on any atom is 0.237 e. The van der Waals surface area contributed by atoms with Crippen LogP contribution < -0.4 is 19.5 Å². The number of ether oxygens (including phenoxy) is 3. The Balaban J connectivity index is 1.66. The molecule has 1 unspecified atom stereocenters. The minimum absolute atomic E-state index is 0.0548. The van der Waals surface area contributed by atoms with Crippen molar-refractivity contribution in [2.24, 2.45) is 0 Å². The van der Waals surface area contributed by atoms with Gasteiger partial charge in [-0.2, -0.15) is 0 Å². The van der Waals surface area contributed by atoms with E-state index >= 15 is 0 Å². The summed E-state index contributed by atoms with van der Waals surface area (Å²) in [6.07, 6.45) is 2.87. The Morgan fingerprint density at radius 1 is 1.10 bits per heavy atom. The number of rotatable bonds is 8. The first kappa shape index (κ1) is 22.6. The molecule has 0 fully saturated rings. The maximum atomic E-state index is 13.0. The van der Waals surface area contributed by atoms with Crippen LogP contribution >= 0.6 is 0 Å². The maximum absolute atomic E-state index is 13.0. The van der Waals surface area contributed by atoms with Gasteiger partial charge in [0, 0.05) is 31.8 Å². The second-order valence-corrected chi connectivity index (χ2v) is 7.40. The first-order valence-corrected chi connectivity index (χ1v) is 10.2. The molecule has 0 bridgehead atoms. The summed E-state index contributed by atoms with van der Waals surface area (Å²) in [5.74, 6) is 1.72. The van der Waals surface area contributed by atoms with Gasteiger partial charge in [-0.25, -0.2) is 4.39 Å². The molecule has 0 aromatic heterocycles. The molecule has 1 aliphatic rings. The number of nitrogens with zero attached hydrogens (tertiary/aromatic N) is 1. The molecule has 1 aliphatic heterocycles. The van der Waals surface area contributed by atoms with Crippen LogP contribution in [0.4, 0.5) is 4.39 Å². The van der Waals surface area contributed by atoms with Crippen LogP contribution in [0.15, 0.2) is 42.5 Å². The number of nitrogens with one attached hydrogen (secondary N) is 1. The molecule has 0 spiro atoms. The number of amides is 1. The summed E-state index contributed by atoms with van der Waals surface area (Å²) >= 11 is 0. The highest BCUT2D eigenvalue weighted by molar-refractivity contribution is 5.82. The Hall–Kier alpha value is -3.06. The van der Waals surface area contributed by atoms with E-state index in [9.17, 15) is 9.18 Å². The fraction of sp³-hybridized carbons (Fsp3) is 0.375. The number of benzene rings is 2. The van der Waals surface area contributed by atoms with Crippen molar-refractivity contribution in [3.05, 3.63) is 59.4 Å². The van der Waals surface area contributed by atoms with Crippen molar-refractivity contribution >= 4 is 11.5 Å². The van der Waals surface area contributed by atoms with Crippen LogP contribution in [0.1, 0.15) is 24.5 Å². The predicted octanol–water partition coefficient (Wildman–Crippen LogP) is 3.65. The summed E-state index contributed by atoms with van der Waals surface area (Å²) < 4.78 is 29.5. The Morgan fingerprint density at radius 2 is 1.74 bits per heavy atom. The summed E-state index contributed by atoms with van der Waals surface area (Å²) in [6, 6.07) is 9.54. The van der Waals surface area contributed by atoms with Crippen LogP contribution in [0.5, 0.6) is 17.2 Å². The number of carbonyl (C=O) groups is 1. The van der Waals surface area contributed by atoms with Gasteiger partial charge in [0.25, 0.3) is 0 Å². The van der Waals surface area contributed by atoms with E-state index in [0.717, 1.165) is 29.7 Å². The second-order valence-electron chi connectivity index (χ2n) is 7.40. The van der Waals surface area contributed by atoms with Gasteiger partial charge in [-0.05, 0) is 36.6 Å². The van der Waals surface area contributed by atoms with Gasteiger partial charge >= 0.3 is 0 Å². The van der Waals surface area contributed by atoms with E-state index < -0.39 is 0 Å². The van der Waals surface area contributed by atoms with E-state index in [1.54, 1.807) is 33.5 Å². The standard InChI is InChI=1S/C24H29FN2O4/c1-16(24(28)26-15-17-5-7-19(25)8-6-17)27-11-9-18(10-12-27)23-21(30-3)13-20(29-2)14-22(23)31-4/h5-9,13-14,16H,10-12,15H2,1-4H3,(H,26,28). The molecule has 1 amide bonds. The smallest absolute Gasteiger partial charge is 0.237 e. The van der Waals surface area contributed by atoms with Crippen molar-refractivity contribution in [3.8, 4) is 17.2 Å². The van der Waals surface area contributed by atoms with Crippen LogP contribution in [0.2, 0.25) is 0 Å². The summed E-state index contributed by atoms with van der Waals surface area (Å²) in [4.78, 5) is 14.7. The summed E-state index contributed by atoms with van der Waals surface area (Å²) in [5.41, 5.74) is 2.90. The lowest BCUT2D eigenvalue weighted by Gasteiger charge is -2.31. The largest absolute Gasteiger partial charge is 0.496 e. The predicted molar refractivity (Wildman–Crippen MR) is 118 cm³/mol. The number of hydrogen-bond donors (Lipinski definition) is 1. The van der Waals surface area contributed by atoms with E-state index in [4.69, 9.17) is 14.2 Å². The third kappa shape index (κ3) is 5.35. The van der Waals surface area contributed by atoms with E-state index in [-0.39, 0.29) is 17.8 Å². The highest BCUT2D eigenvalue weighted by Crippen LogP contribution is 2.40. The molecule has 7 heteroatoms. The lowest BCUT2D eigenvalue weighted by atomic mass is 9.96. The molecular formula is C24H29FN2O4. The number of hydrogen-bond acceptors (Lipinski definition) is 5. The zero-order valence-corrected chi connectivity index (χ0v) is 18.4. The third-order valence-electron chi connectivity index (χ3n) is 5.58. The minimum Gasteiger partial charge on any atom is -0.496 e. The molecule has 166 valence electrons. The quantitative estimate of drug-likeness (QED) is 0.696. The van der Waals surface area contributed by atoms with Crippen LogP contribution in [0, 0.1) is 5.82 Å². The molecule has 0 saturated heterocycles. The Bertz CT molecular complexity index is 918. The Morgan fingerprint density at radius 3 is 2.26 bits per heavy atom. The number of halogens is 1. The highest BCUT2D eigenvalue weighted by Gasteiger charge is 2.26. The van der Waals surface area contributed by atoms with E-state index in [2.05, 4.69) is 16.3 Å². The lowest BCUT2D eigenvalue weighted by Crippen LogP contribution is -2.46. The zero-order chi connectivity index (χ0) is 22.4. The van der Waals surface area contributed by atoms with Crippen molar-refractivity contribution in [3.63, 3.8) is 0 Å². The normalized spacial score (nSPS) is 15.1. The molecule has 1 atom stereocenters. The first-order chi connectivity index (χ1) is 15.0. The monoisotopic (exact) mass is 428 g/mol. The average molecular weight is 429 g/mol. The average Bonchev–Trinajstić information content (AvgIpc) is 2.82. The zero-order valence-electron chi connectivity index (χ0n) is 18.4. The molecule has 0 radical (unpaired) electrons. The van der Waals surface area contributed by atoms with Gasteiger partial charge in [-0.15, -0.1) is 0 Å². The second kappa shape index (κ2) is 10.3. The van der Waals surface area contributed by atoms with Crippen molar-refractivity contribution in [1.29, 1.82) is 0 Å². The molecule has 3 rings (SSSR count). The lowest BCUT2D eigenvalue weighted by molar-refractivity contribution is -0.125. The minimum atomic E-state index is -0.288. The van der Waals surface area contributed by atoms with Crippen molar-refractivity contribution in [2.45, 2.75) is 25.9 Å². The fourth-order valence-electron chi connectivity index (χ4n) is 3.69. The van der Waals surface area contributed by atoms with Crippen LogP contribution in [0.3, 0.4) is 0 Å². The fourth-order valence-corrected chi connectivity index (χ4v) is 3.69. The van der Waals surface area contributed by atoms with Crippen molar-refractivity contribution in [2.75, 3.05) is 34.4 Å². The number of carbonyl (C=O) groups excluding carboxylic acids is 1. The summed E-state index contributed by atoms with van der Waals surface area (Å²) in [5, 5.41) is 2.93. The molecule has 0 saturated carbocycles. The summed E-state index contributed by atoms with van der Waals surface area (Å²) in [7, 11) is 4.86. The van der Waals surface area contributed by atoms with Crippen molar-refractivity contribution < 1.29 is 23.4 Å². The molecule has 2 aromatic rings. The van der Waals surface area contributed by atoms with E-state index in [0.29, 0.717) is 30.3 Å². The van der Waals surface area contributed by atoms with Crippen molar-refractivity contribution in [1.82, 2.24) is 10.2 Å². The first-order valence-electron chi connectivity index (χ1n) is 10.2. The number of methoxy groups -OCH3 is 3.